The molecule has 1 amide bonds. The van der Waals surface area contributed by atoms with Crippen LogP contribution in [0.1, 0.15) is 37.0 Å². The third kappa shape index (κ3) is 4.83. The Balaban J connectivity index is 1.70. The van der Waals surface area contributed by atoms with Gasteiger partial charge in [-0.05, 0) is 69.2 Å². The van der Waals surface area contributed by atoms with Crippen LogP contribution in [0.2, 0.25) is 0 Å². The summed E-state index contributed by atoms with van der Waals surface area (Å²) in [6, 6.07) is 13.1. The number of sulfonamides is 1. The largest absolute Gasteiger partial charge is 0.491 e. The van der Waals surface area contributed by atoms with E-state index >= 15 is 0 Å². The molecule has 0 aliphatic heterocycles. The molecule has 138 valence electrons. The Morgan fingerprint density at radius 3 is 2.42 bits per heavy atom. The zero-order valence-electron chi connectivity index (χ0n) is 14.7. The predicted molar refractivity (Wildman–Crippen MR) is 99.9 cm³/mol. The number of nitrogens with one attached hydrogen (secondary N) is 2. The van der Waals surface area contributed by atoms with Crippen LogP contribution in [-0.4, -0.2) is 26.5 Å². The van der Waals surface area contributed by atoms with Crippen molar-refractivity contribution in [2.24, 2.45) is 0 Å². The second kappa shape index (κ2) is 7.47. The van der Waals surface area contributed by atoms with Crippen LogP contribution in [0.15, 0.2) is 53.4 Å². The van der Waals surface area contributed by atoms with Crippen LogP contribution in [0, 0.1) is 0 Å². The summed E-state index contributed by atoms with van der Waals surface area (Å²) in [6.45, 7) is 3.86. The van der Waals surface area contributed by atoms with Crippen LogP contribution >= 0.6 is 0 Å². The number of amides is 1. The lowest BCUT2D eigenvalue weighted by atomic mass is 10.2. The molecule has 0 saturated heterocycles. The smallest absolute Gasteiger partial charge is 0.255 e. The second-order valence-corrected chi connectivity index (χ2v) is 8.28. The van der Waals surface area contributed by atoms with Gasteiger partial charge in [0.2, 0.25) is 10.0 Å². The van der Waals surface area contributed by atoms with Crippen molar-refractivity contribution in [1.29, 1.82) is 0 Å². The average molecular weight is 374 g/mol. The van der Waals surface area contributed by atoms with Gasteiger partial charge in [-0.3, -0.25) is 4.79 Å². The summed E-state index contributed by atoms with van der Waals surface area (Å²) < 4.78 is 32.7. The molecule has 2 aromatic carbocycles. The van der Waals surface area contributed by atoms with Crippen LogP contribution < -0.4 is 14.8 Å². The van der Waals surface area contributed by atoms with Gasteiger partial charge in [0.25, 0.3) is 5.91 Å². The maximum atomic E-state index is 12.4. The molecule has 6 nitrogen and oxygen atoms in total. The standard InChI is InChI=1S/C19H22N2O4S/c1-13(2)25-17-10-6-14(7-11-17)19(22)20-16-4-3-5-18(12-16)26(23,24)21-15-8-9-15/h3-7,10-13,15,21H,8-9H2,1-2H3,(H,20,22). The normalized spacial score (nSPS) is 14.3. The fourth-order valence-electron chi connectivity index (χ4n) is 2.39. The van der Waals surface area contributed by atoms with E-state index in [4.69, 9.17) is 4.74 Å². The van der Waals surface area contributed by atoms with E-state index in [1.807, 2.05) is 13.8 Å². The van der Waals surface area contributed by atoms with Gasteiger partial charge in [0.15, 0.2) is 0 Å². The van der Waals surface area contributed by atoms with E-state index < -0.39 is 10.0 Å². The first kappa shape index (κ1) is 18.4. The minimum absolute atomic E-state index is 0.0322. The fraction of sp³-hybridized carbons (Fsp3) is 0.316. The molecule has 3 rings (SSSR count). The molecule has 2 N–H and O–H groups in total. The summed E-state index contributed by atoms with van der Waals surface area (Å²) in [6.07, 6.45) is 1.79. The molecule has 1 aliphatic rings. The van der Waals surface area contributed by atoms with Crippen LogP contribution in [-0.2, 0) is 10.0 Å². The Morgan fingerprint density at radius 1 is 1.12 bits per heavy atom. The van der Waals surface area contributed by atoms with Crippen LogP contribution in [0.3, 0.4) is 0 Å². The van der Waals surface area contributed by atoms with E-state index in [2.05, 4.69) is 10.0 Å². The maximum absolute atomic E-state index is 12.4. The third-order valence-corrected chi connectivity index (χ3v) is 5.31. The molecule has 7 heteroatoms. The lowest BCUT2D eigenvalue weighted by Gasteiger charge is -2.11. The van der Waals surface area contributed by atoms with E-state index in [0.29, 0.717) is 17.0 Å². The van der Waals surface area contributed by atoms with E-state index in [1.165, 1.54) is 12.1 Å². The Morgan fingerprint density at radius 2 is 1.81 bits per heavy atom. The quantitative estimate of drug-likeness (QED) is 0.780. The zero-order valence-corrected chi connectivity index (χ0v) is 15.5. The SMILES string of the molecule is CC(C)Oc1ccc(C(=O)Nc2cccc(S(=O)(=O)NC3CC3)c2)cc1. The number of ether oxygens (including phenoxy) is 1. The van der Waals surface area contributed by atoms with E-state index in [9.17, 15) is 13.2 Å². The first-order valence-corrected chi connectivity index (χ1v) is 10.0. The van der Waals surface area contributed by atoms with Gasteiger partial charge in [0, 0.05) is 17.3 Å². The van der Waals surface area contributed by atoms with Crippen molar-refractivity contribution in [1.82, 2.24) is 4.72 Å². The number of hydrogen-bond donors (Lipinski definition) is 2. The Hall–Kier alpha value is -2.38. The lowest BCUT2D eigenvalue weighted by molar-refractivity contribution is 0.102. The first-order chi connectivity index (χ1) is 12.3. The summed E-state index contributed by atoms with van der Waals surface area (Å²) in [5.74, 6) is 0.376. The minimum Gasteiger partial charge on any atom is -0.491 e. The molecule has 1 saturated carbocycles. The first-order valence-electron chi connectivity index (χ1n) is 8.54. The van der Waals surface area contributed by atoms with Gasteiger partial charge >= 0.3 is 0 Å². The number of hydrogen-bond acceptors (Lipinski definition) is 4. The van der Waals surface area contributed by atoms with Gasteiger partial charge in [-0.25, -0.2) is 13.1 Å². The molecule has 0 heterocycles. The summed E-state index contributed by atoms with van der Waals surface area (Å²) in [5.41, 5.74) is 0.890. The van der Waals surface area contributed by atoms with E-state index in [-0.39, 0.29) is 22.9 Å². The maximum Gasteiger partial charge on any atom is 0.255 e. The van der Waals surface area contributed by atoms with Crippen molar-refractivity contribution in [3.8, 4) is 5.75 Å². The molecule has 1 fully saturated rings. The summed E-state index contributed by atoms with van der Waals surface area (Å²) in [4.78, 5) is 12.5. The summed E-state index contributed by atoms with van der Waals surface area (Å²) in [7, 11) is -3.55. The van der Waals surface area contributed by atoms with Gasteiger partial charge in [0.1, 0.15) is 5.75 Å². The predicted octanol–water partition coefficient (Wildman–Crippen LogP) is 3.17. The molecular formula is C19H22N2O4S. The number of carbonyl (C=O) groups is 1. The number of benzene rings is 2. The van der Waals surface area contributed by atoms with Gasteiger partial charge in [-0.15, -0.1) is 0 Å². The van der Waals surface area contributed by atoms with Crippen molar-refractivity contribution in [2.45, 2.75) is 43.7 Å². The molecule has 0 unspecified atom stereocenters. The van der Waals surface area contributed by atoms with Crippen molar-refractivity contribution in [3.63, 3.8) is 0 Å². The van der Waals surface area contributed by atoms with Crippen molar-refractivity contribution < 1.29 is 17.9 Å². The Kier molecular flexibility index (Phi) is 5.29. The molecule has 0 spiro atoms. The van der Waals surface area contributed by atoms with E-state index in [0.717, 1.165) is 12.8 Å². The van der Waals surface area contributed by atoms with Crippen LogP contribution in [0.5, 0.6) is 5.75 Å². The van der Waals surface area contributed by atoms with Crippen LogP contribution in [0.4, 0.5) is 5.69 Å². The van der Waals surface area contributed by atoms with E-state index in [1.54, 1.807) is 36.4 Å². The topological polar surface area (TPSA) is 84.5 Å². The highest BCUT2D eigenvalue weighted by Crippen LogP contribution is 2.23. The number of anilines is 1. The molecule has 26 heavy (non-hydrogen) atoms. The lowest BCUT2D eigenvalue weighted by Crippen LogP contribution is -2.25. The van der Waals surface area contributed by atoms with Crippen LogP contribution in [0.25, 0.3) is 0 Å². The molecule has 0 aromatic heterocycles. The average Bonchev–Trinajstić information content (AvgIpc) is 3.38. The zero-order chi connectivity index (χ0) is 18.7. The molecule has 0 bridgehead atoms. The van der Waals surface area contributed by atoms with Gasteiger partial charge < -0.3 is 10.1 Å². The highest BCUT2D eigenvalue weighted by molar-refractivity contribution is 7.89. The molecule has 0 radical (unpaired) electrons. The second-order valence-electron chi connectivity index (χ2n) is 6.57. The summed E-state index contributed by atoms with van der Waals surface area (Å²) in [5, 5.41) is 2.73. The molecule has 2 aromatic rings. The van der Waals surface area contributed by atoms with Crippen molar-refractivity contribution in [3.05, 3.63) is 54.1 Å². The molecule has 0 atom stereocenters. The van der Waals surface area contributed by atoms with Gasteiger partial charge in [0.05, 0.1) is 11.0 Å². The highest BCUT2D eigenvalue weighted by Gasteiger charge is 2.28. The van der Waals surface area contributed by atoms with Gasteiger partial charge in [-0.2, -0.15) is 0 Å². The Bertz CT molecular complexity index is 888. The molecule has 1 aliphatic carbocycles. The van der Waals surface area contributed by atoms with Crippen molar-refractivity contribution >= 4 is 21.6 Å². The highest BCUT2D eigenvalue weighted by atomic mass is 32.2. The molecular weight excluding hydrogens is 352 g/mol. The minimum atomic E-state index is -3.55. The fourth-order valence-corrected chi connectivity index (χ4v) is 3.74. The van der Waals surface area contributed by atoms with Gasteiger partial charge in [-0.1, -0.05) is 6.07 Å². The summed E-state index contributed by atoms with van der Waals surface area (Å²) >= 11 is 0. The number of carbonyl (C=O) groups excluding carboxylic acids is 1. The monoisotopic (exact) mass is 374 g/mol. The van der Waals surface area contributed by atoms with Crippen molar-refractivity contribution in [2.75, 3.05) is 5.32 Å². The Labute approximate surface area is 153 Å². The third-order valence-electron chi connectivity index (χ3n) is 3.79. The number of rotatable bonds is 7.